The van der Waals surface area contributed by atoms with E-state index in [4.69, 9.17) is 4.74 Å². The Balaban J connectivity index is 1.23. The van der Waals surface area contributed by atoms with E-state index in [0.29, 0.717) is 18.9 Å². The summed E-state index contributed by atoms with van der Waals surface area (Å²) in [5.41, 5.74) is 5.10. The summed E-state index contributed by atoms with van der Waals surface area (Å²) in [4.78, 5) is 17.0. The Hall–Kier alpha value is -2.63. The Labute approximate surface area is 190 Å². The number of para-hydroxylation sites is 1. The second-order valence-corrected chi connectivity index (χ2v) is 9.09. The topological polar surface area (TPSA) is 65.6 Å². The first-order chi connectivity index (χ1) is 15.5. The molecule has 0 bridgehead atoms. The third-order valence-corrected chi connectivity index (χ3v) is 6.54. The van der Waals surface area contributed by atoms with Gasteiger partial charge in [0.15, 0.2) is 0 Å². The first-order valence-electron chi connectivity index (χ1n) is 11.7. The van der Waals surface area contributed by atoms with Crippen molar-refractivity contribution in [2.24, 2.45) is 0 Å². The number of aliphatic hydroxyl groups is 1. The number of β-amino-alcohol motifs (C(OH)–C–C–N with tert-alkyl or cyclic N) is 1. The predicted octanol–water partition coefficient (Wildman–Crippen LogP) is 4.62. The van der Waals surface area contributed by atoms with Crippen molar-refractivity contribution in [3.63, 3.8) is 0 Å². The Morgan fingerprint density at radius 3 is 2.59 bits per heavy atom. The lowest BCUT2D eigenvalue weighted by Gasteiger charge is -2.33. The van der Waals surface area contributed by atoms with Crippen molar-refractivity contribution in [1.29, 1.82) is 0 Å². The van der Waals surface area contributed by atoms with E-state index in [0.717, 1.165) is 43.7 Å². The zero-order valence-electron chi connectivity index (χ0n) is 19.1. The highest BCUT2D eigenvalue weighted by Gasteiger charge is 2.25. The summed E-state index contributed by atoms with van der Waals surface area (Å²) in [5, 5.41) is 11.8. The summed E-state index contributed by atoms with van der Waals surface area (Å²) in [6.07, 6.45) is 3.02. The molecule has 0 spiro atoms. The van der Waals surface area contributed by atoms with Gasteiger partial charge >= 0.3 is 0 Å². The highest BCUT2D eigenvalue weighted by atomic mass is 16.5. The Morgan fingerprint density at radius 1 is 1.16 bits per heavy atom. The number of benzene rings is 2. The molecule has 0 saturated carbocycles. The zero-order valence-corrected chi connectivity index (χ0v) is 19.1. The summed E-state index contributed by atoms with van der Waals surface area (Å²) in [7, 11) is 0. The van der Waals surface area contributed by atoms with Gasteiger partial charge in [-0.3, -0.25) is 0 Å². The van der Waals surface area contributed by atoms with E-state index in [-0.39, 0.29) is 12.4 Å². The fourth-order valence-corrected chi connectivity index (χ4v) is 4.84. The average Bonchev–Trinajstić information content (AvgIpc) is 3.13. The molecule has 0 aliphatic carbocycles. The quantitative estimate of drug-likeness (QED) is 0.516. The molecule has 1 atom stereocenters. The normalized spacial score (nSPS) is 16.3. The van der Waals surface area contributed by atoms with Gasteiger partial charge in [0.25, 0.3) is 0 Å². The maximum atomic E-state index is 11.1. The minimum atomic E-state index is -0.515. The zero-order chi connectivity index (χ0) is 22.5. The van der Waals surface area contributed by atoms with Crippen LogP contribution in [0.2, 0.25) is 0 Å². The van der Waals surface area contributed by atoms with Crippen LogP contribution in [0.3, 0.4) is 0 Å². The maximum Gasteiger partial charge on any atom is 0.130 e. The van der Waals surface area contributed by atoms with Crippen molar-refractivity contribution in [2.75, 3.05) is 26.2 Å². The van der Waals surface area contributed by atoms with E-state index >= 15 is 0 Å². The van der Waals surface area contributed by atoms with E-state index in [1.165, 1.54) is 22.2 Å². The highest BCUT2D eigenvalue weighted by Crippen LogP contribution is 2.35. The summed E-state index contributed by atoms with van der Waals surface area (Å²) in [6.45, 7) is 6.70. The number of hydrogen-bond donors (Lipinski definition) is 2. The number of hydrogen-bond acceptors (Lipinski definition) is 4. The second kappa shape index (κ2) is 10.3. The lowest BCUT2D eigenvalue weighted by molar-refractivity contribution is -0.116. The molecular formula is C27H34N2O3. The number of Topliss-reactive ketones (excluding diaryl/α,β-unsaturated/α-hetero) is 1. The van der Waals surface area contributed by atoms with Gasteiger partial charge in [0, 0.05) is 29.6 Å². The number of H-pyrrole nitrogens is 1. The molecule has 1 aliphatic rings. The van der Waals surface area contributed by atoms with Crippen LogP contribution in [0, 0.1) is 6.92 Å². The number of fused-ring (bicyclic) bond motifs is 1. The number of aromatic nitrogens is 1. The standard InChI is InChI=1S/C27H34N2O3/c1-19(30)7-8-21-9-11-24(12-10-21)32-18-23(31)17-29-15-13-22(14-16-29)27-20(2)28-26-6-4-3-5-25(26)27/h3-6,9-12,22-23,28,31H,7-8,13-18H2,1-2H3. The van der Waals surface area contributed by atoms with Gasteiger partial charge in [-0.05, 0) is 81.4 Å². The molecule has 170 valence electrons. The molecule has 2 heterocycles. The van der Waals surface area contributed by atoms with Crippen LogP contribution in [0.1, 0.15) is 48.9 Å². The number of carbonyl (C=O) groups excluding carboxylic acids is 1. The number of nitrogens with zero attached hydrogens (tertiary/aromatic N) is 1. The number of nitrogens with one attached hydrogen (secondary N) is 1. The number of ether oxygens (including phenoxy) is 1. The van der Waals surface area contributed by atoms with Crippen molar-refractivity contribution >= 4 is 16.7 Å². The van der Waals surface area contributed by atoms with Gasteiger partial charge in [0.05, 0.1) is 0 Å². The highest BCUT2D eigenvalue weighted by molar-refractivity contribution is 5.85. The summed E-state index contributed by atoms with van der Waals surface area (Å²) in [6, 6.07) is 16.4. The molecule has 5 heteroatoms. The molecule has 2 aromatic carbocycles. The number of ketones is 1. The van der Waals surface area contributed by atoms with E-state index in [1.807, 2.05) is 24.3 Å². The van der Waals surface area contributed by atoms with Crippen molar-refractivity contribution in [3.05, 3.63) is 65.4 Å². The molecule has 1 aromatic heterocycles. The summed E-state index contributed by atoms with van der Waals surface area (Å²) < 4.78 is 5.79. The van der Waals surface area contributed by atoms with Gasteiger partial charge < -0.3 is 24.5 Å². The Kier molecular flexibility index (Phi) is 7.28. The van der Waals surface area contributed by atoms with Gasteiger partial charge in [-0.15, -0.1) is 0 Å². The van der Waals surface area contributed by atoms with Crippen LogP contribution < -0.4 is 4.74 Å². The first-order valence-corrected chi connectivity index (χ1v) is 11.7. The lowest BCUT2D eigenvalue weighted by Crippen LogP contribution is -2.40. The van der Waals surface area contributed by atoms with Crippen LogP contribution in [-0.2, 0) is 11.2 Å². The third-order valence-electron chi connectivity index (χ3n) is 6.54. The molecule has 0 amide bonds. The second-order valence-electron chi connectivity index (χ2n) is 9.09. The van der Waals surface area contributed by atoms with Crippen molar-refractivity contribution in [3.8, 4) is 5.75 Å². The van der Waals surface area contributed by atoms with Crippen LogP contribution >= 0.6 is 0 Å². The average molecular weight is 435 g/mol. The molecule has 1 fully saturated rings. The number of aromatic amines is 1. The van der Waals surface area contributed by atoms with Gasteiger partial charge in [-0.25, -0.2) is 0 Å². The fraction of sp³-hybridized carbons (Fsp3) is 0.444. The molecule has 1 aliphatic heterocycles. The van der Waals surface area contributed by atoms with Crippen molar-refractivity contribution < 1.29 is 14.6 Å². The van der Waals surface area contributed by atoms with Crippen molar-refractivity contribution in [1.82, 2.24) is 9.88 Å². The van der Waals surface area contributed by atoms with Crippen LogP contribution in [-0.4, -0.2) is 53.1 Å². The monoisotopic (exact) mass is 434 g/mol. The number of carbonyl (C=O) groups is 1. The molecule has 0 radical (unpaired) electrons. The molecule has 3 aromatic rings. The number of piperidine rings is 1. The lowest BCUT2D eigenvalue weighted by atomic mass is 9.87. The third kappa shape index (κ3) is 5.59. The Bertz CT molecular complexity index is 1030. The molecule has 1 unspecified atom stereocenters. The van der Waals surface area contributed by atoms with Crippen LogP contribution in [0.15, 0.2) is 48.5 Å². The van der Waals surface area contributed by atoms with E-state index in [1.54, 1.807) is 6.92 Å². The maximum absolute atomic E-state index is 11.1. The molecule has 1 saturated heterocycles. The number of aliphatic hydroxyl groups excluding tert-OH is 1. The first kappa shape index (κ1) is 22.6. The fourth-order valence-electron chi connectivity index (χ4n) is 4.84. The van der Waals surface area contributed by atoms with Crippen LogP contribution in [0.4, 0.5) is 0 Å². The SMILES string of the molecule is CC(=O)CCc1ccc(OCC(O)CN2CCC(c3c(C)[nH]c4ccccc34)CC2)cc1. The minimum Gasteiger partial charge on any atom is -0.491 e. The smallest absolute Gasteiger partial charge is 0.130 e. The van der Waals surface area contributed by atoms with Gasteiger partial charge in [0.1, 0.15) is 24.2 Å². The van der Waals surface area contributed by atoms with Crippen LogP contribution in [0.5, 0.6) is 5.75 Å². The summed E-state index contributed by atoms with van der Waals surface area (Å²) in [5.74, 6) is 1.52. The molecule has 4 rings (SSSR count). The van der Waals surface area contributed by atoms with Crippen LogP contribution in [0.25, 0.3) is 10.9 Å². The van der Waals surface area contributed by atoms with E-state index in [9.17, 15) is 9.90 Å². The molecule has 5 nitrogen and oxygen atoms in total. The minimum absolute atomic E-state index is 0.203. The van der Waals surface area contributed by atoms with E-state index < -0.39 is 6.10 Å². The predicted molar refractivity (Wildman–Crippen MR) is 128 cm³/mol. The number of rotatable bonds is 9. The number of aryl methyl sites for hydroxylation is 2. The van der Waals surface area contributed by atoms with E-state index in [2.05, 4.69) is 41.1 Å². The van der Waals surface area contributed by atoms with Gasteiger partial charge in [-0.1, -0.05) is 30.3 Å². The Morgan fingerprint density at radius 2 is 1.88 bits per heavy atom. The van der Waals surface area contributed by atoms with Gasteiger partial charge in [0.2, 0.25) is 0 Å². The molecule has 2 N–H and O–H groups in total. The largest absolute Gasteiger partial charge is 0.491 e. The molecule has 32 heavy (non-hydrogen) atoms. The summed E-state index contributed by atoms with van der Waals surface area (Å²) >= 11 is 0. The molecular weight excluding hydrogens is 400 g/mol. The number of likely N-dealkylation sites (tertiary alicyclic amines) is 1. The van der Waals surface area contributed by atoms with Crippen molar-refractivity contribution in [2.45, 2.75) is 51.6 Å². The van der Waals surface area contributed by atoms with Gasteiger partial charge in [-0.2, -0.15) is 0 Å².